The third-order valence-corrected chi connectivity index (χ3v) is 3.88. The van der Waals surface area contributed by atoms with E-state index in [1.165, 1.54) is 12.1 Å². The molecule has 1 aliphatic heterocycles. The van der Waals surface area contributed by atoms with Gasteiger partial charge in [0, 0.05) is 31.3 Å². The number of allylic oxidation sites excluding steroid dienone is 1. The van der Waals surface area contributed by atoms with Crippen LogP contribution in [-0.4, -0.2) is 29.6 Å². The number of hydrogen-bond donors (Lipinski definition) is 0. The zero-order valence-corrected chi connectivity index (χ0v) is 13.8. The van der Waals surface area contributed by atoms with Crippen LogP contribution in [0.15, 0.2) is 30.5 Å². The van der Waals surface area contributed by atoms with Crippen LogP contribution in [0, 0.1) is 11.7 Å². The van der Waals surface area contributed by atoms with E-state index < -0.39 is 0 Å². The summed E-state index contributed by atoms with van der Waals surface area (Å²) in [6.07, 6.45) is 4.26. The lowest BCUT2D eigenvalue weighted by Crippen LogP contribution is -2.17. The van der Waals surface area contributed by atoms with Crippen molar-refractivity contribution in [3.05, 3.63) is 41.8 Å². The van der Waals surface area contributed by atoms with Crippen molar-refractivity contribution in [1.82, 2.24) is 4.90 Å². The van der Waals surface area contributed by atoms with Gasteiger partial charge in [-0.25, -0.2) is 4.39 Å². The minimum Gasteiger partial charge on any atom is -0.377 e. The Morgan fingerprint density at radius 3 is 2.57 bits per heavy atom. The van der Waals surface area contributed by atoms with Gasteiger partial charge in [0.2, 0.25) is 0 Å². The number of ketones is 2. The number of hydrogen-bond acceptors (Lipinski definition) is 3. The van der Waals surface area contributed by atoms with Crippen molar-refractivity contribution in [1.29, 1.82) is 0 Å². The Morgan fingerprint density at radius 2 is 1.96 bits per heavy atom. The van der Waals surface area contributed by atoms with Gasteiger partial charge in [-0.05, 0) is 36.5 Å². The van der Waals surface area contributed by atoms with Crippen LogP contribution in [0.1, 0.15) is 45.1 Å². The van der Waals surface area contributed by atoms with Crippen LogP contribution < -0.4 is 0 Å². The van der Waals surface area contributed by atoms with Crippen LogP contribution in [-0.2, 0) is 9.59 Å². The molecule has 0 atom stereocenters. The van der Waals surface area contributed by atoms with Crippen molar-refractivity contribution in [2.45, 2.75) is 39.5 Å². The van der Waals surface area contributed by atoms with Crippen molar-refractivity contribution in [3.8, 4) is 0 Å². The highest BCUT2D eigenvalue weighted by atomic mass is 19.1. The van der Waals surface area contributed by atoms with Gasteiger partial charge in [-0.3, -0.25) is 9.59 Å². The molecule has 2 rings (SSSR count). The molecule has 0 bridgehead atoms. The molecule has 0 radical (unpaired) electrons. The molecular formula is C19H24FNO2. The normalized spacial score (nSPS) is 15.3. The molecular weight excluding hydrogens is 293 g/mol. The predicted molar refractivity (Wildman–Crippen MR) is 89.3 cm³/mol. The molecule has 23 heavy (non-hydrogen) atoms. The number of carbonyl (C=O) groups excluding carboxylic acids is 2. The molecule has 1 aromatic rings. The molecule has 4 heteroatoms. The highest BCUT2D eigenvalue weighted by Gasteiger charge is 2.19. The summed E-state index contributed by atoms with van der Waals surface area (Å²) >= 11 is 0. The van der Waals surface area contributed by atoms with Crippen LogP contribution in [0.2, 0.25) is 0 Å². The Kier molecular flexibility index (Phi) is 6.08. The third kappa shape index (κ3) is 5.31. The second-order valence-electron chi connectivity index (χ2n) is 6.53. The van der Waals surface area contributed by atoms with E-state index in [4.69, 9.17) is 0 Å². The zero-order chi connectivity index (χ0) is 16.8. The summed E-state index contributed by atoms with van der Waals surface area (Å²) in [5, 5.41) is 0. The van der Waals surface area contributed by atoms with Gasteiger partial charge in [0.05, 0.1) is 6.42 Å². The van der Waals surface area contributed by atoms with Gasteiger partial charge in [0.1, 0.15) is 11.6 Å². The fourth-order valence-electron chi connectivity index (χ4n) is 2.82. The summed E-state index contributed by atoms with van der Waals surface area (Å²) in [5.74, 6) is -0.437. The van der Waals surface area contributed by atoms with Crippen LogP contribution in [0.5, 0.6) is 0 Å². The number of nitrogens with zero attached hydrogens (tertiary/aromatic N) is 1. The highest BCUT2D eigenvalue weighted by Crippen LogP contribution is 2.22. The maximum atomic E-state index is 13.5. The zero-order valence-electron chi connectivity index (χ0n) is 13.8. The van der Waals surface area contributed by atoms with E-state index in [1.807, 2.05) is 13.8 Å². The molecule has 1 aromatic carbocycles. The van der Waals surface area contributed by atoms with Crippen LogP contribution in [0.25, 0.3) is 5.57 Å². The van der Waals surface area contributed by atoms with Gasteiger partial charge < -0.3 is 4.90 Å². The number of benzene rings is 1. The summed E-state index contributed by atoms with van der Waals surface area (Å²) < 4.78 is 13.5. The van der Waals surface area contributed by atoms with Gasteiger partial charge in [0.25, 0.3) is 0 Å². The average molecular weight is 317 g/mol. The van der Waals surface area contributed by atoms with Gasteiger partial charge in [-0.15, -0.1) is 0 Å². The molecule has 124 valence electrons. The minimum atomic E-state index is -0.379. The Hall–Kier alpha value is -1.97. The average Bonchev–Trinajstić information content (AvgIpc) is 2.96. The molecule has 0 aliphatic carbocycles. The molecule has 1 aliphatic rings. The molecule has 0 N–H and O–H groups in total. The fourth-order valence-corrected chi connectivity index (χ4v) is 2.82. The largest absolute Gasteiger partial charge is 0.377 e. The lowest BCUT2D eigenvalue weighted by Gasteiger charge is -2.15. The SMILES string of the molecule is CC(C)CC(=O)CC(=O)/C(=C/N1CCCC1)c1cccc(F)c1. The van der Waals surface area contributed by atoms with E-state index in [9.17, 15) is 14.0 Å². The first-order valence-electron chi connectivity index (χ1n) is 8.22. The molecule has 0 saturated carbocycles. The second kappa shape index (κ2) is 8.04. The number of halogens is 1. The molecule has 0 unspecified atom stereocenters. The van der Waals surface area contributed by atoms with Crippen LogP contribution >= 0.6 is 0 Å². The minimum absolute atomic E-state index is 0.0614. The second-order valence-corrected chi connectivity index (χ2v) is 6.53. The lowest BCUT2D eigenvalue weighted by atomic mass is 9.96. The predicted octanol–water partition coefficient (Wildman–Crippen LogP) is 3.84. The molecule has 1 heterocycles. The van der Waals surface area contributed by atoms with Gasteiger partial charge in [-0.1, -0.05) is 26.0 Å². The first-order valence-corrected chi connectivity index (χ1v) is 8.22. The molecule has 1 saturated heterocycles. The first-order chi connectivity index (χ1) is 11.0. The monoisotopic (exact) mass is 317 g/mol. The Bertz CT molecular complexity index is 601. The van der Waals surface area contributed by atoms with Crippen molar-refractivity contribution in [3.63, 3.8) is 0 Å². The van der Waals surface area contributed by atoms with E-state index in [2.05, 4.69) is 4.90 Å². The maximum absolute atomic E-state index is 13.5. The van der Waals surface area contributed by atoms with Crippen molar-refractivity contribution in [2.24, 2.45) is 5.92 Å². The van der Waals surface area contributed by atoms with E-state index >= 15 is 0 Å². The fraction of sp³-hybridized carbons (Fsp3) is 0.474. The summed E-state index contributed by atoms with van der Waals surface area (Å²) in [7, 11) is 0. The van der Waals surface area contributed by atoms with Gasteiger partial charge in [0.15, 0.2) is 5.78 Å². The molecule has 0 amide bonds. The summed E-state index contributed by atoms with van der Waals surface area (Å²) in [5.41, 5.74) is 0.975. The third-order valence-electron chi connectivity index (χ3n) is 3.88. The van der Waals surface area contributed by atoms with Crippen molar-refractivity contribution < 1.29 is 14.0 Å². The number of rotatable bonds is 7. The molecule has 0 aromatic heterocycles. The topological polar surface area (TPSA) is 37.4 Å². The van der Waals surface area contributed by atoms with E-state index in [-0.39, 0.29) is 29.7 Å². The molecule has 3 nitrogen and oxygen atoms in total. The quantitative estimate of drug-likeness (QED) is 0.566. The lowest BCUT2D eigenvalue weighted by molar-refractivity contribution is -0.124. The standard InChI is InChI=1S/C19H24FNO2/c1-14(2)10-17(22)12-19(23)18(13-21-8-3-4-9-21)15-6-5-7-16(20)11-15/h5-7,11,13-14H,3-4,8-10,12H2,1-2H3/b18-13+. The molecule has 1 fully saturated rings. The molecule has 0 spiro atoms. The number of Topliss-reactive ketones (excluding diaryl/α,β-unsaturated/α-hetero) is 2. The van der Waals surface area contributed by atoms with Crippen LogP contribution in [0.4, 0.5) is 4.39 Å². The van der Waals surface area contributed by atoms with Crippen molar-refractivity contribution in [2.75, 3.05) is 13.1 Å². The van der Waals surface area contributed by atoms with Gasteiger partial charge in [-0.2, -0.15) is 0 Å². The first kappa shape index (κ1) is 17.4. The van der Waals surface area contributed by atoms with Crippen LogP contribution in [0.3, 0.4) is 0 Å². The smallest absolute Gasteiger partial charge is 0.172 e. The highest BCUT2D eigenvalue weighted by molar-refractivity contribution is 6.25. The Labute approximate surface area is 137 Å². The number of likely N-dealkylation sites (tertiary alicyclic amines) is 1. The Balaban J connectivity index is 2.22. The van der Waals surface area contributed by atoms with Crippen molar-refractivity contribution >= 4 is 17.1 Å². The summed E-state index contributed by atoms with van der Waals surface area (Å²) in [4.78, 5) is 26.6. The maximum Gasteiger partial charge on any atom is 0.172 e. The summed E-state index contributed by atoms with van der Waals surface area (Å²) in [6.45, 7) is 5.70. The van der Waals surface area contributed by atoms with E-state index in [1.54, 1.807) is 18.3 Å². The van der Waals surface area contributed by atoms with E-state index in [0.717, 1.165) is 25.9 Å². The van der Waals surface area contributed by atoms with E-state index in [0.29, 0.717) is 17.6 Å². The Morgan fingerprint density at radius 1 is 1.26 bits per heavy atom. The van der Waals surface area contributed by atoms with Gasteiger partial charge >= 0.3 is 0 Å². The number of carbonyl (C=O) groups is 2. The summed E-state index contributed by atoms with van der Waals surface area (Å²) in [6, 6.07) is 6.01.